The monoisotopic (exact) mass is 355 g/mol. The number of benzene rings is 1. The van der Waals surface area contributed by atoms with E-state index in [4.69, 9.17) is 0 Å². The van der Waals surface area contributed by atoms with Gasteiger partial charge in [-0.25, -0.2) is 19.3 Å². The summed E-state index contributed by atoms with van der Waals surface area (Å²) in [5.41, 5.74) is 2.12. The number of likely N-dealkylation sites (tertiary alicyclic amines) is 1. The summed E-state index contributed by atoms with van der Waals surface area (Å²) < 4.78 is 13.1. The lowest BCUT2D eigenvalue weighted by atomic mass is 10.1. The predicted molar refractivity (Wildman–Crippen MR) is 96.2 cm³/mol. The number of nitrogens with zero attached hydrogens (tertiary/aromatic N) is 4. The number of hydrogen-bond donors (Lipinski definition) is 1. The highest BCUT2D eigenvalue weighted by Crippen LogP contribution is 2.32. The molecule has 2 aromatic heterocycles. The summed E-state index contributed by atoms with van der Waals surface area (Å²) in [6.07, 6.45) is 5.73. The van der Waals surface area contributed by atoms with Crippen LogP contribution in [0.15, 0.2) is 48.1 Å². The molecule has 7 heteroatoms. The zero-order valence-corrected chi connectivity index (χ0v) is 14.4. The maximum Gasteiger partial charge on any atom is 0.229 e. The molecular weight excluding hydrogens is 337 g/mol. The zero-order chi connectivity index (χ0) is 17.1. The Labute approximate surface area is 149 Å². The van der Waals surface area contributed by atoms with Crippen molar-refractivity contribution in [1.29, 1.82) is 0 Å². The normalized spacial score (nSPS) is 17.7. The topological polar surface area (TPSA) is 53.9 Å². The molecule has 1 aliphatic heterocycles. The number of aromatic nitrogens is 3. The van der Waals surface area contributed by atoms with Crippen molar-refractivity contribution in [2.24, 2.45) is 0 Å². The Bertz CT molecular complexity index is 822. The van der Waals surface area contributed by atoms with Crippen LogP contribution >= 0.6 is 11.3 Å². The Morgan fingerprint density at radius 3 is 2.84 bits per heavy atom. The Hall–Kier alpha value is -2.38. The Morgan fingerprint density at radius 2 is 2.04 bits per heavy atom. The van der Waals surface area contributed by atoms with Crippen LogP contribution in [0, 0.1) is 5.82 Å². The minimum absolute atomic E-state index is 0.199. The van der Waals surface area contributed by atoms with Crippen molar-refractivity contribution in [1.82, 2.24) is 19.9 Å². The molecule has 4 rings (SSSR count). The summed E-state index contributed by atoms with van der Waals surface area (Å²) in [6, 6.07) is 8.95. The molecule has 0 bridgehead atoms. The molecule has 0 amide bonds. The molecule has 5 nitrogen and oxygen atoms in total. The summed E-state index contributed by atoms with van der Waals surface area (Å²) >= 11 is 1.52. The van der Waals surface area contributed by atoms with Crippen LogP contribution in [0.5, 0.6) is 0 Å². The average Bonchev–Trinajstić information content (AvgIpc) is 3.29. The van der Waals surface area contributed by atoms with E-state index < -0.39 is 0 Å². The second kappa shape index (κ2) is 7.25. The molecule has 0 unspecified atom stereocenters. The largest absolute Gasteiger partial charge is 0.300 e. The number of halogens is 1. The number of rotatable bonds is 5. The summed E-state index contributed by atoms with van der Waals surface area (Å²) in [5, 5.41) is 5.84. The fourth-order valence-corrected chi connectivity index (χ4v) is 3.70. The summed E-state index contributed by atoms with van der Waals surface area (Å²) in [4.78, 5) is 15.6. The Morgan fingerprint density at radius 1 is 1.16 bits per heavy atom. The molecule has 1 aromatic carbocycles. The van der Waals surface area contributed by atoms with Crippen LogP contribution in [0.4, 0.5) is 15.5 Å². The van der Waals surface area contributed by atoms with Crippen molar-refractivity contribution in [2.45, 2.75) is 25.4 Å². The van der Waals surface area contributed by atoms with E-state index in [-0.39, 0.29) is 11.9 Å². The quantitative estimate of drug-likeness (QED) is 0.745. The average molecular weight is 355 g/mol. The molecule has 3 heterocycles. The Kier molecular flexibility index (Phi) is 4.67. The molecule has 0 aliphatic carbocycles. The van der Waals surface area contributed by atoms with Crippen LogP contribution in [0.1, 0.15) is 30.1 Å². The molecule has 0 spiro atoms. The van der Waals surface area contributed by atoms with Gasteiger partial charge in [0.25, 0.3) is 0 Å². The van der Waals surface area contributed by atoms with Crippen molar-refractivity contribution < 1.29 is 4.39 Å². The van der Waals surface area contributed by atoms with E-state index in [1.807, 2.05) is 23.6 Å². The van der Waals surface area contributed by atoms with E-state index in [2.05, 4.69) is 25.2 Å². The zero-order valence-electron chi connectivity index (χ0n) is 13.6. The van der Waals surface area contributed by atoms with Crippen LogP contribution in [0.25, 0.3) is 0 Å². The van der Waals surface area contributed by atoms with E-state index in [0.717, 1.165) is 42.3 Å². The molecule has 1 N–H and O–H groups in total. The molecule has 128 valence electrons. The second-order valence-corrected chi connectivity index (χ2v) is 6.92. The van der Waals surface area contributed by atoms with Crippen molar-refractivity contribution in [3.05, 3.63) is 65.2 Å². The highest BCUT2D eigenvalue weighted by Gasteiger charge is 2.27. The van der Waals surface area contributed by atoms with E-state index in [1.54, 1.807) is 12.4 Å². The van der Waals surface area contributed by atoms with Crippen molar-refractivity contribution in [3.8, 4) is 0 Å². The summed E-state index contributed by atoms with van der Waals surface area (Å²) in [5.74, 6) is 0.372. The molecule has 1 fully saturated rings. The van der Waals surface area contributed by atoms with Crippen LogP contribution in [0.2, 0.25) is 0 Å². The molecule has 0 saturated carbocycles. The van der Waals surface area contributed by atoms with Gasteiger partial charge in [0.2, 0.25) is 5.95 Å². The van der Waals surface area contributed by atoms with E-state index >= 15 is 0 Å². The first-order chi connectivity index (χ1) is 12.3. The van der Waals surface area contributed by atoms with Crippen LogP contribution in [-0.4, -0.2) is 26.4 Å². The van der Waals surface area contributed by atoms with Gasteiger partial charge < -0.3 is 5.32 Å². The van der Waals surface area contributed by atoms with Crippen LogP contribution < -0.4 is 5.32 Å². The van der Waals surface area contributed by atoms with Crippen LogP contribution in [-0.2, 0) is 6.54 Å². The molecule has 1 saturated heterocycles. The van der Waals surface area contributed by atoms with E-state index in [9.17, 15) is 4.39 Å². The number of thiazole rings is 1. The maximum atomic E-state index is 13.1. The summed E-state index contributed by atoms with van der Waals surface area (Å²) in [7, 11) is 0. The van der Waals surface area contributed by atoms with Crippen molar-refractivity contribution in [3.63, 3.8) is 0 Å². The highest BCUT2D eigenvalue weighted by atomic mass is 32.1. The third-order valence-corrected chi connectivity index (χ3v) is 5.02. The first-order valence-electron chi connectivity index (χ1n) is 8.26. The van der Waals surface area contributed by atoms with Crippen molar-refractivity contribution in [2.75, 3.05) is 11.9 Å². The van der Waals surface area contributed by atoms with Gasteiger partial charge in [-0.2, -0.15) is 0 Å². The number of hydrogen-bond acceptors (Lipinski definition) is 6. The third kappa shape index (κ3) is 3.83. The van der Waals surface area contributed by atoms with Gasteiger partial charge in [-0.3, -0.25) is 4.90 Å². The van der Waals surface area contributed by atoms with E-state index in [0.29, 0.717) is 5.95 Å². The molecule has 1 atom stereocenters. The van der Waals surface area contributed by atoms with Gasteiger partial charge in [0.15, 0.2) is 5.13 Å². The maximum absolute atomic E-state index is 13.1. The lowest BCUT2D eigenvalue weighted by Crippen LogP contribution is -2.23. The van der Waals surface area contributed by atoms with Gasteiger partial charge in [-0.05, 0) is 43.1 Å². The smallest absolute Gasteiger partial charge is 0.229 e. The number of nitrogens with one attached hydrogen (secondary N) is 1. The number of anilines is 2. The Balaban J connectivity index is 1.50. The van der Waals surface area contributed by atoms with Gasteiger partial charge in [-0.15, -0.1) is 11.3 Å². The minimum atomic E-state index is -0.199. The van der Waals surface area contributed by atoms with Gasteiger partial charge in [0, 0.05) is 24.3 Å². The molecule has 1 aliphatic rings. The summed E-state index contributed by atoms with van der Waals surface area (Å²) in [6.45, 7) is 1.81. The second-order valence-electron chi connectivity index (χ2n) is 6.02. The first-order valence-corrected chi connectivity index (χ1v) is 9.14. The minimum Gasteiger partial charge on any atom is -0.300 e. The molecule has 0 radical (unpaired) electrons. The fourth-order valence-electron chi connectivity index (χ4n) is 3.17. The van der Waals surface area contributed by atoms with Gasteiger partial charge in [-0.1, -0.05) is 12.1 Å². The molecule has 3 aromatic rings. The SMILES string of the molecule is Fc1ccc(CN2CCC[C@@H]2c2ccnc(Nc3nccs3)n2)cc1. The van der Waals surface area contributed by atoms with Crippen LogP contribution in [0.3, 0.4) is 0 Å². The highest BCUT2D eigenvalue weighted by molar-refractivity contribution is 7.13. The lowest BCUT2D eigenvalue weighted by molar-refractivity contribution is 0.244. The molecule has 25 heavy (non-hydrogen) atoms. The standard InChI is InChI=1S/C18H18FN5S/c19-14-5-3-13(4-6-14)12-24-10-1-2-16(24)15-7-8-20-17(22-15)23-18-21-9-11-25-18/h3-9,11,16H,1-2,10,12H2,(H,20,21,22,23)/t16-/m1/s1. The molecular formula is C18H18FN5S. The van der Waals surface area contributed by atoms with Crippen molar-refractivity contribution >= 4 is 22.4 Å². The fraction of sp³-hybridized carbons (Fsp3) is 0.278. The lowest BCUT2D eigenvalue weighted by Gasteiger charge is -2.24. The van der Waals surface area contributed by atoms with Gasteiger partial charge >= 0.3 is 0 Å². The third-order valence-electron chi connectivity index (χ3n) is 4.33. The first kappa shape index (κ1) is 16.1. The predicted octanol–water partition coefficient (Wildman–Crippen LogP) is 4.15. The van der Waals surface area contributed by atoms with Gasteiger partial charge in [0.1, 0.15) is 5.82 Å². The van der Waals surface area contributed by atoms with Gasteiger partial charge in [0.05, 0.1) is 11.7 Å². The van der Waals surface area contributed by atoms with E-state index in [1.165, 1.54) is 23.5 Å².